The Hall–Kier alpha value is -3.06. The van der Waals surface area contributed by atoms with Crippen molar-refractivity contribution in [3.63, 3.8) is 0 Å². The fourth-order valence-electron chi connectivity index (χ4n) is 3.40. The highest BCUT2D eigenvalue weighted by Crippen LogP contribution is 2.41. The molecule has 2 heterocycles. The predicted octanol–water partition coefficient (Wildman–Crippen LogP) is 4.62. The standard InChI is InChI=1S/C23H26N2O5.ClH/c1-26-17-6-3-7-18(12-17)28-9-4-8-25-16-24-15-20(25)19-13-22-23(14-21(19)27-2)30-11-5-10-29-22;/h3,6-7,12-16H,4-5,8-11H2,1-2H3;1H. The Bertz CT molecular complexity index is 992. The van der Waals surface area contributed by atoms with E-state index in [1.165, 1.54) is 0 Å². The summed E-state index contributed by atoms with van der Waals surface area (Å²) in [7, 11) is 3.30. The zero-order valence-corrected chi connectivity index (χ0v) is 18.5. The van der Waals surface area contributed by atoms with Crippen molar-refractivity contribution in [1.82, 2.24) is 9.55 Å². The molecule has 1 aliphatic heterocycles. The molecular formula is C23H27ClN2O5. The highest BCUT2D eigenvalue weighted by Gasteiger charge is 2.18. The molecule has 0 saturated carbocycles. The van der Waals surface area contributed by atoms with Crippen LogP contribution in [0.25, 0.3) is 11.3 Å². The molecule has 7 nitrogen and oxygen atoms in total. The largest absolute Gasteiger partial charge is 0.497 e. The van der Waals surface area contributed by atoms with Crippen LogP contribution in [0.1, 0.15) is 12.8 Å². The van der Waals surface area contributed by atoms with Gasteiger partial charge in [-0.1, -0.05) is 6.07 Å². The Balaban J connectivity index is 0.00000272. The van der Waals surface area contributed by atoms with Gasteiger partial charge in [0.25, 0.3) is 0 Å². The first-order valence-corrected chi connectivity index (χ1v) is 10.0. The van der Waals surface area contributed by atoms with Gasteiger partial charge in [-0.05, 0) is 24.6 Å². The molecule has 0 saturated heterocycles. The molecule has 0 aliphatic carbocycles. The number of fused-ring (bicyclic) bond motifs is 1. The van der Waals surface area contributed by atoms with E-state index in [0.29, 0.717) is 25.6 Å². The normalized spacial score (nSPS) is 12.5. The molecule has 3 aromatic rings. The third kappa shape index (κ3) is 5.35. The SMILES string of the molecule is COc1cccc(OCCCn2cncc2-c2cc3c(cc2OC)OCCCO3)c1.Cl. The smallest absolute Gasteiger partial charge is 0.164 e. The van der Waals surface area contributed by atoms with Gasteiger partial charge in [0.15, 0.2) is 11.5 Å². The summed E-state index contributed by atoms with van der Waals surface area (Å²) in [5, 5.41) is 0. The monoisotopic (exact) mass is 446 g/mol. The van der Waals surface area contributed by atoms with E-state index in [2.05, 4.69) is 9.55 Å². The van der Waals surface area contributed by atoms with Crippen molar-refractivity contribution in [3.05, 3.63) is 48.9 Å². The molecule has 0 N–H and O–H groups in total. The number of hydrogen-bond acceptors (Lipinski definition) is 6. The first-order valence-electron chi connectivity index (χ1n) is 10.0. The van der Waals surface area contributed by atoms with Gasteiger partial charge in [0.2, 0.25) is 0 Å². The Labute approximate surface area is 188 Å². The minimum atomic E-state index is 0. The van der Waals surface area contributed by atoms with Crippen molar-refractivity contribution >= 4 is 12.4 Å². The number of ether oxygens (including phenoxy) is 5. The predicted molar refractivity (Wildman–Crippen MR) is 120 cm³/mol. The highest BCUT2D eigenvalue weighted by atomic mass is 35.5. The van der Waals surface area contributed by atoms with Gasteiger partial charge in [0.05, 0.1) is 52.3 Å². The second kappa shape index (κ2) is 10.8. The number of aromatic nitrogens is 2. The van der Waals surface area contributed by atoms with Crippen LogP contribution in [0.2, 0.25) is 0 Å². The average molecular weight is 447 g/mol. The minimum Gasteiger partial charge on any atom is -0.497 e. The molecule has 31 heavy (non-hydrogen) atoms. The van der Waals surface area contributed by atoms with Gasteiger partial charge in [-0.15, -0.1) is 12.4 Å². The molecule has 0 atom stereocenters. The van der Waals surface area contributed by atoms with E-state index in [4.69, 9.17) is 23.7 Å². The summed E-state index contributed by atoms with van der Waals surface area (Å²) in [5.74, 6) is 3.76. The molecule has 8 heteroatoms. The van der Waals surface area contributed by atoms with Crippen molar-refractivity contribution in [2.24, 2.45) is 0 Å². The molecule has 166 valence electrons. The van der Waals surface area contributed by atoms with Gasteiger partial charge in [0, 0.05) is 30.7 Å². The number of halogens is 1. The molecule has 0 amide bonds. The Kier molecular flexibility index (Phi) is 7.89. The van der Waals surface area contributed by atoms with Gasteiger partial charge >= 0.3 is 0 Å². The number of nitrogens with zero attached hydrogens (tertiary/aromatic N) is 2. The topological polar surface area (TPSA) is 64.0 Å². The maximum Gasteiger partial charge on any atom is 0.164 e. The molecule has 1 aromatic heterocycles. The van der Waals surface area contributed by atoms with Crippen LogP contribution < -0.4 is 23.7 Å². The van der Waals surface area contributed by atoms with E-state index < -0.39 is 0 Å². The molecule has 0 radical (unpaired) electrons. The van der Waals surface area contributed by atoms with Crippen LogP contribution in [0, 0.1) is 0 Å². The summed E-state index contributed by atoms with van der Waals surface area (Å²) in [4.78, 5) is 4.34. The second-order valence-electron chi connectivity index (χ2n) is 6.90. The second-order valence-corrected chi connectivity index (χ2v) is 6.90. The van der Waals surface area contributed by atoms with Crippen LogP contribution in [0.4, 0.5) is 0 Å². The summed E-state index contributed by atoms with van der Waals surface area (Å²) in [6.07, 6.45) is 5.35. The van der Waals surface area contributed by atoms with Gasteiger partial charge in [-0.25, -0.2) is 4.98 Å². The fourth-order valence-corrected chi connectivity index (χ4v) is 3.40. The quantitative estimate of drug-likeness (QED) is 0.470. The zero-order chi connectivity index (χ0) is 20.8. The molecule has 1 aliphatic rings. The van der Waals surface area contributed by atoms with Crippen LogP contribution in [0.3, 0.4) is 0 Å². The lowest BCUT2D eigenvalue weighted by atomic mass is 10.1. The van der Waals surface area contributed by atoms with E-state index in [9.17, 15) is 0 Å². The number of rotatable bonds is 8. The Morgan fingerprint density at radius 3 is 2.55 bits per heavy atom. The third-order valence-corrected chi connectivity index (χ3v) is 4.91. The van der Waals surface area contributed by atoms with Gasteiger partial charge in [-0.3, -0.25) is 0 Å². The zero-order valence-electron chi connectivity index (χ0n) is 17.7. The van der Waals surface area contributed by atoms with E-state index in [0.717, 1.165) is 53.6 Å². The van der Waals surface area contributed by atoms with E-state index in [1.807, 2.05) is 48.9 Å². The molecule has 2 aromatic carbocycles. The first-order chi connectivity index (χ1) is 14.8. The summed E-state index contributed by atoms with van der Waals surface area (Å²) < 4.78 is 30.4. The highest BCUT2D eigenvalue weighted by molar-refractivity contribution is 5.85. The summed E-state index contributed by atoms with van der Waals surface area (Å²) in [6.45, 7) is 2.63. The van der Waals surface area contributed by atoms with Crippen molar-refractivity contribution in [2.75, 3.05) is 34.0 Å². The van der Waals surface area contributed by atoms with Crippen LogP contribution in [-0.2, 0) is 6.54 Å². The van der Waals surface area contributed by atoms with E-state index in [1.54, 1.807) is 14.2 Å². The number of aryl methyl sites for hydroxylation is 1. The van der Waals surface area contributed by atoms with E-state index in [-0.39, 0.29) is 12.4 Å². The summed E-state index contributed by atoms with van der Waals surface area (Å²) in [6, 6.07) is 11.5. The Morgan fingerprint density at radius 1 is 1.00 bits per heavy atom. The molecule has 4 rings (SSSR count). The number of hydrogen-bond donors (Lipinski definition) is 0. The minimum absolute atomic E-state index is 0. The summed E-state index contributed by atoms with van der Waals surface area (Å²) in [5.41, 5.74) is 1.89. The molecule has 0 fully saturated rings. The molecular weight excluding hydrogens is 420 g/mol. The lowest BCUT2D eigenvalue weighted by Gasteiger charge is -2.15. The molecule has 0 spiro atoms. The summed E-state index contributed by atoms with van der Waals surface area (Å²) >= 11 is 0. The fraction of sp³-hybridized carbons (Fsp3) is 0.348. The maximum absolute atomic E-state index is 5.85. The van der Waals surface area contributed by atoms with Crippen LogP contribution in [-0.4, -0.2) is 43.6 Å². The number of benzene rings is 2. The lowest BCUT2D eigenvalue weighted by Crippen LogP contribution is -2.05. The lowest BCUT2D eigenvalue weighted by molar-refractivity contribution is 0.296. The van der Waals surface area contributed by atoms with Crippen molar-refractivity contribution in [3.8, 4) is 40.0 Å². The maximum atomic E-state index is 5.85. The van der Waals surface area contributed by atoms with Crippen molar-refractivity contribution < 1.29 is 23.7 Å². The van der Waals surface area contributed by atoms with Gasteiger partial charge in [0.1, 0.15) is 17.2 Å². The third-order valence-electron chi connectivity index (χ3n) is 4.91. The van der Waals surface area contributed by atoms with Crippen LogP contribution in [0.15, 0.2) is 48.9 Å². The number of methoxy groups -OCH3 is 2. The van der Waals surface area contributed by atoms with Crippen molar-refractivity contribution in [1.29, 1.82) is 0 Å². The Morgan fingerprint density at radius 2 is 1.77 bits per heavy atom. The molecule has 0 unspecified atom stereocenters. The van der Waals surface area contributed by atoms with Crippen LogP contribution in [0.5, 0.6) is 28.7 Å². The van der Waals surface area contributed by atoms with Gasteiger partial charge < -0.3 is 28.3 Å². The first kappa shape index (κ1) is 22.6. The van der Waals surface area contributed by atoms with Crippen molar-refractivity contribution in [2.45, 2.75) is 19.4 Å². The number of imidazole rings is 1. The average Bonchev–Trinajstić information content (AvgIpc) is 3.12. The van der Waals surface area contributed by atoms with Crippen LogP contribution >= 0.6 is 12.4 Å². The van der Waals surface area contributed by atoms with E-state index >= 15 is 0 Å². The molecule has 0 bridgehead atoms. The van der Waals surface area contributed by atoms with Gasteiger partial charge in [-0.2, -0.15) is 0 Å².